The Balaban J connectivity index is 2.08. The zero-order chi connectivity index (χ0) is 18.9. The number of nitriles is 1. The first kappa shape index (κ1) is 17.6. The first-order valence-electron chi connectivity index (χ1n) is 7.70. The molecule has 26 heavy (non-hydrogen) atoms. The first-order valence-corrected chi connectivity index (χ1v) is 8.08. The van der Waals surface area contributed by atoms with Crippen LogP contribution < -0.4 is 5.32 Å². The van der Waals surface area contributed by atoms with Crippen molar-refractivity contribution in [2.45, 2.75) is 19.3 Å². The van der Waals surface area contributed by atoms with Crippen molar-refractivity contribution in [3.05, 3.63) is 63.4 Å². The lowest BCUT2D eigenvalue weighted by molar-refractivity contribution is -0.384. The van der Waals surface area contributed by atoms with Gasteiger partial charge in [0, 0.05) is 5.69 Å². The third-order valence-corrected chi connectivity index (χ3v) is 4.22. The largest absolute Gasteiger partial charge is 0.348 e. The monoisotopic (exact) mass is 367 g/mol. The molecule has 8 heteroatoms. The molecule has 0 aliphatic rings. The molecule has 0 amide bonds. The number of hydrogen-bond donors (Lipinski definition) is 1. The summed E-state index contributed by atoms with van der Waals surface area (Å²) in [6.45, 7) is 3.64. The van der Waals surface area contributed by atoms with Gasteiger partial charge in [0.05, 0.1) is 21.9 Å². The summed E-state index contributed by atoms with van der Waals surface area (Å²) in [5.74, 6) is 0. The average Bonchev–Trinajstić information content (AvgIpc) is 2.62. The molecule has 3 aromatic rings. The SMILES string of the molecule is CC(C)(C#N)c1ccc(Nc2c([N+](=O)[O-])cnc3ccc(Cl)nc23)cc1. The lowest BCUT2D eigenvalue weighted by Gasteiger charge is -2.16. The van der Waals surface area contributed by atoms with Gasteiger partial charge in [0.15, 0.2) is 0 Å². The molecular weight excluding hydrogens is 354 g/mol. The van der Waals surface area contributed by atoms with E-state index in [0.717, 1.165) is 5.56 Å². The second kappa shape index (κ2) is 6.58. The molecule has 0 radical (unpaired) electrons. The highest BCUT2D eigenvalue weighted by Gasteiger charge is 2.21. The maximum atomic E-state index is 11.4. The van der Waals surface area contributed by atoms with Crippen molar-refractivity contribution in [3.63, 3.8) is 0 Å². The van der Waals surface area contributed by atoms with Crippen LogP contribution in [0.15, 0.2) is 42.6 Å². The van der Waals surface area contributed by atoms with E-state index in [1.807, 2.05) is 13.8 Å². The van der Waals surface area contributed by atoms with Crippen molar-refractivity contribution in [3.8, 4) is 6.07 Å². The van der Waals surface area contributed by atoms with Gasteiger partial charge in [-0.15, -0.1) is 0 Å². The van der Waals surface area contributed by atoms with Crippen LogP contribution in [0.5, 0.6) is 0 Å². The number of benzene rings is 1. The Hall–Kier alpha value is -3.24. The van der Waals surface area contributed by atoms with Gasteiger partial charge in [0.25, 0.3) is 0 Å². The third kappa shape index (κ3) is 3.27. The number of pyridine rings is 2. The Morgan fingerprint density at radius 1 is 1.23 bits per heavy atom. The average molecular weight is 368 g/mol. The molecule has 0 saturated carbocycles. The van der Waals surface area contributed by atoms with Gasteiger partial charge in [-0.2, -0.15) is 5.26 Å². The zero-order valence-electron chi connectivity index (χ0n) is 14.0. The van der Waals surface area contributed by atoms with Crippen LogP contribution in [0.2, 0.25) is 5.15 Å². The number of nitro groups is 1. The van der Waals surface area contributed by atoms with E-state index in [0.29, 0.717) is 16.7 Å². The predicted molar refractivity (Wildman–Crippen MR) is 99.6 cm³/mol. The summed E-state index contributed by atoms with van der Waals surface area (Å²) >= 11 is 5.95. The van der Waals surface area contributed by atoms with Gasteiger partial charge in [0.2, 0.25) is 0 Å². The molecule has 0 atom stereocenters. The van der Waals surface area contributed by atoms with Crippen molar-refractivity contribution < 1.29 is 4.92 Å². The molecule has 2 aromatic heterocycles. The summed E-state index contributed by atoms with van der Waals surface area (Å²) in [6.07, 6.45) is 1.19. The lowest BCUT2D eigenvalue weighted by atomic mass is 9.86. The highest BCUT2D eigenvalue weighted by atomic mass is 35.5. The maximum Gasteiger partial charge on any atom is 0.313 e. The molecule has 1 aromatic carbocycles. The van der Waals surface area contributed by atoms with Crippen LogP contribution in [-0.2, 0) is 5.41 Å². The number of anilines is 2. The van der Waals surface area contributed by atoms with Crippen molar-refractivity contribution in [2.75, 3.05) is 5.32 Å². The van der Waals surface area contributed by atoms with Gasteiger partial charge in [-0.1, -0.05) is 23.7 Å². The molecule has 0 aliphatic carbocycles. The quantitative estimate of drug-likeness (QED) is 0.405. The number of fused-ring (bicyclic) bond motifs is 1. The lowest BCUT2D eigenvalue weighted by Crippen LogP contribution is -2.13. The van der Waals surface area contributed by atoms with Crippen LogP contribution in [0, 0.1) is 21.4 Å². The van der Waals surface area contributed by atoms with Crippen molar-refractivity contribution >= 4 is 39.7 Å². The van der Waals surface area contributed by atoms with Crippen LogP contribution in [0.25, 0.3) is 11.0 Å². The minimum absolute atomic E-state index is 0.200. The van der Waals surface area contributed by atoms with Gasteiger partial charge in [0.1, 0.15) is 22.6 Å². The topological polar surface area (TPSA) is 105 Å². The van der Waals surface area contributed by atoms with Gasteiger partial charge in [-0.3, -0.25) is 10.1 Å². The van der Waals surface area contributed by atoms with E-state index >= 15 is 0 Å². The normalized spacial score (nSPS) is 11.2. The molecule has 0 saturated heterocycles. The fourth-order valence-electron chi connectivity index (χ4n) is 2.47. The fourth-order valence-corrected chi connectivity index (χ4v) is 2.62. The Kier molecular flexibility index (Phi) is 4.45. The Morgan fingerprint density at radius 3 is 2.54 bits per heavy atom. The summed E-state index contributed by atoms with van der Waals surface area (Å²) in [7, 11) is 0. The minimum atomic E-state index is -0.622. The van der Waals surface area contributed by atoms with Gasteiger partial charge >= 0.3 is 5.69 Å². The second-order valence-electron chi connectivity index (χ2n) is 6.22. The van der Waals surface area contributed by atoms with E-state index in [1.165, 1.54) is 6.20 Å². The van der Waals surface area contributed by atoms with Crippen molar-refractivity contribution in [1.29, 1.82) is 5.26 Å². The number of rotatable bonds is 4. The molecule has 0 bridgehead atoms. The van der Waals surface area contributed by atoms with Crippen LogP contribution in [0.3, 0.4) is 0 Å². The molecular formula is C18H14ClN5O2. The van der Waals surface area contributed by atoms with Crippen molar-refractivity contribution in [2.24, 2.45) is 0 Å². The summed E-state index contributed by atoms with van der Waals surface area (Å²) in [4.78, 5) is 19.1. The molecule has 0 unspecified atom stereocenters. The number of halogens is 1. The molecule has 7 nitrogen and oxygen atoms in total. The molecule has 0 aliphatic heterocycles. The number of aromatic nitrogens is 2. The summed E-state index contributed by atoms with van der Waals surface area (Å²) in [5.41, 5.74) is 1.67. The van der Waals surface area contributed by atoms with Crippen molar-refractivity contribution in [1.82, 2.24) is 9.97 Å². The molecule has 130 valence electrons. The Bertz CT molecular complexity index is 1040. The Morgan fingerprint density at radius 2 is 1.92 bits per heavy atom. The molecule has 1 N–H and O–H groups in total. The molecule has 2 heterocycles. The molecule has 0 spiro atoms. The van der Waals surface area contributed by atoms with E-state index in [9.17, 15) is 15.4 Å². The van der Waals surface area contributed by atoms with Crippen LogP contribution in [0.4, 0.5) is 17.1 Å². The van der Waals surface area contributed by atoms with Gasteiger partial charge in [-0.25, -0.2) is 9.97 Å². The number of hydrogen-bond acceptors (Lipinski definition) is 6. The van der Waals surface area contributed by atoms with Crippen LogP contribution in [0.1, 0.15) is 19.4 Å². The summed E-state index contributed by atoms with van der Waals surface area (Å²) in [6, 6.07) is 12.6. The van der Waals surface area contributed by atoms with Crippen LogP contribution >= 0.6 is 11.6 Å². The fraction of sp³-hybridized carbons (Fsp3) is 0.167. The summed E-state index contributed by atoms with van der Waals surface area (Å²) in [5, 5.41) is 23.9. The van der Waals surface area contributed by atoms with Gasteiger partial charge < -0.3 is 5.32 Å². The number of nitrogens with zero attached hydrogens (tertiary/aromatic N) is 4. The third-order valence-electron chi connectivity index (χ3n) is 4.01. The standard InChI is InChI=1S/C18H14ClN5O2/c1-18(2,10-20)11-3-5-12(6-4-11)22-17-14(24(25)26)9-21-13-7-8-15(19)23-16(13)17/h3-9H,1-2H3,(H,21,22). The smallest absolute Gasteiger partial charge is 0.313 e. The maximum absolute atomic E-state index is 11.4. The van der Waals surface area contributed by atoms with E-state index in [2.05, 4.69) is 21.4 Å². The number of nitrogens with one attached hydrogen (secondary N) is 1. The first-order chi connectivity index (χ1) is 12.3. The molecule has 0 fully saturated rings. The molecule has 3 rings (SSSR count). The van der Waals surface area contributed by atoms with Crippen LogP contribution in [-0.4, -0.2) is 14.9 Å². The van der Waals surface area contributed by atoms with E-state index in [1.54, 1.807) is 36.4 Å². The highest BCUT2D eigenvalue weighted by Crippen LogP contribution is 2.34. The van der Waals surface area contributed by atoms with E-state index < -0.39 is 10.3 Å². The Labute approximate surface area is 154 Å². The van der Waals surface area contributed by atoms with E-state index in [-0.39, 0.29) is 16.5 Å². The predicted octanol–water partition coefficient (Wildman–Crippen LogP) is 4.74. The highest BCUT2D eigenvalue weighted by molar-refractivity contribution is 6.29. The summed E-state index contributed by atoms with van der Waals surface area (Å²) < 4.78 is 0. The second-order valence-corrected chi connectivity index (χ2v) is 6.60. The zero-order valence-corrected chi connectivity index (χ0v) is 14.8. The van der Waals surface area contributed by atoms with Gasteiger partial charge in [-0.05, 0) is 43.7 Å². The van der Waals surface area contributed by atoms with E-state index in [4.69, 9.17) is 11.6 Å². The minimum Gasteiger partial charge on any atom is -0.348 e.